The molecule has 0 aliphatic rings. The lowest BCUT2D eigenvalue weighted by atomic mass is 10.1. The number of hydrogen-bond donors (Lipinski definition) is 2. The molecule has 0 aliphatic heterocycles. The van der Waals surface area contributed by atoms with Crippen LogP contribution in [0.5, 0.6) is 0 Å². The van der Waals surface area contributed by atoms with E-state index in [0.29, 0.717) is 5.69 Å². The molecular formula is C22H20ClF3N8O+2. The normalized spacial score (nSPS) is 11.3. The van der Waals surface area contributed by atoms with E-state index in [0.717, 1.165) is 5.56 Å². The van der Waals surface area contributed by atoms with E-state index < -0.39 is 30.6 Å². The summed E-state index contributed by atoms with van der Waals surface area (Å²) in [5.41, 5.74) is 0.931. The summed E-state index contributed by atoms with van der Waals surface area (Å²) in [7, 11) is 0. The van der Waals surface area contributed by atoms with Crippen molar-refractivity contribution < 1.29 is 27.9 Å². The van der Waals surface area contributed by atoms with Gasteiger partial charge in [0.25, 0.3) is 5.69 Å². The number of pyridine rings is 2. The predicted molar refractivity (Wildman–Crippen MR) is 118 cm³/mol. The van der Waals surface area contributed by atoms with Gasteiger partial charge in [0.15, 0.2) is 12.7 Å². The van der Waals surface area contributed by atoms with Gasteiger partial charge >= 0.3 is 11.7 Å². The SMILES string of the molecule is O=C(Cc1c(Cl)c[nH+]c(NCC(F)(F)c2cccc[nH+]2)c1F)NCc1ccccc1-n1cnnn1. The van der Waals surface area contributed by atoms with Crippen LogP contribution < -0.4 is 20.6 Å². The quantitative estimate of drug-likeness (QED) is 0.362. The van der Waals surface area contributed by atoms with Crippen LogP contribution in [0.3, 0.4) is 0 Å². The molecule has 0 unspecified atom stereocenters. The fraction of sp³-hybridized carbons (Fsp3) is 0.182. The van der Waals surface area contributed by atoms with Gasteiger partial charge in [0.1, 0.15) is 12.5 Å². The maximum absolute atomic E-state index is 15.0. The molecule has 0 aliphatic carbocycles. The number of halogens is 4. The smallest absolute Gasteiger partial charge is 0.352 e. The maximum Gasteiger partial charge on any atom is 0.365 e. The number of rotatable bonds is 9. The molecule has 35 heavy (non-hydrogen) atoms. The maximum atomic E-state index is 15.0. The van der Waals surface area contributed by atoms with E-state index in [2.05, 4.69) is 36.1 Å². The van der Waals surface area contributed by atoms with Crippen LogP contribution in [0, 0.1) is 5.82 Å². The molecule has 0 radical (unpaired) electrons. The number of hydrogen-bond acceptors (Lipinski definition) is 5. The van der Waals surface area contributed by atoms with Crippen molar-refractivity contribution in [2.24, 2.45) is 0 Å². The highest BCUT2D eigenvalue weighted by Crippen LogP contribution is 2.26. The summed E-state index contributed by atoms with van der Waals surface area (Å²) < 4.78 is 45.3. The Labute approximate surface area is 202 Å². The van der Waals surface area contributed by atoms with Gasteiger partial charge in [0.2, 0.25) is 11.7 Å². The molecule has 0 bridgehead atoms. The summed E-state index contributed by atoms with van der Waals surface area (Å²) in [6, 6.07) is 11.4. The van der Waals surface area contributed by atoms with Gasteiger partial charge in [0, 0.05) is 24.2 Å². The standard InChI is InChI=1S/C22H18ClF3N8O/c23-16-11-29-21(30-12-22(25,26)18-7-3-4-8-27-18)20(24)15(16)9-19(35)28-10-14-5-1-2-6-17(14)34-13-31-32-33-34/h1-8,11,13H,9-10,12H2,(H,28,35)(H,29,30)/p+2. The molecule has 1 amide bonds. The second-order valence-electron chi connectivity index (χ2n) is 7.48. The molecule has 1 aromatic carbocycles. The average molecular weight is 505 g/mol. The summed E-state index contributed by atoms with van der Waals surface area (Å²) in [4.78, 5) is 17.5. The number of nitrogens with zero attached hydrogens (tertiary/aromatic N) is 4. The number of aromatic amines is 2. The van der Waals surface area contributed by atoms with E-state index in [1.54, 1.807) is 30.3 Å². The molecule has 0 saturated heterocycles. The number of carbonyl (C=O) groups excluding carboxylic acids is 1. The minimum absolute atomic E-state index is 0.0413. The van der Waals surface area contributed by atoms with Crippen LogP contribution in [-0.2, 0) is 23.7 Å². The van der Waals surface area contributed by atoms with Crippen LogP contribution in [0.25, 0.3) is 5.69 Å². The van der Waals surface area contributed by atoms with Crippen molar-refractivity contribution >= 4 is 23.3 Å². The molecule has 13 heteroatoms. The second-order valence-corrected chi connectivity index (χ2v) is 7.88. The molecule has 3 heterocycles. The predicted octanol–water partition coefficient (Wildman–Crippen LogP) is 2.15. The lowest BCUT2D eigenvalue weighted by molar-refractivity contribution is -0.412. The molecule has 4 rings (SSSR count). The molecule has 0 saturated carbocycles. The highest BCUT2D eigenvalue weighted by atomic mass is 35.5. The highest BCUT2D eigenvalue weighted by Gasteiger charge is 2.40. The molecule has 180 valence electrons. The average Bonchev–Trinajstić information content (AvgIpc) is 3.40. The van der Waals surface area contributed by atoms with Gasteiger partial charge in [-0.25, -0.2) is 14.6 Å². The van der Waals surface area contributed by atoms with Gasteiger partial charge in [-0.05, 0) is 28.1 Å². The zero-order chi connectivity index (χ0) is 24.8. The zero-order valence-corrected chi connectivity index (χ0v) is 18.9. The van der Waals surface area contributed by atoms with Crippen molar-refractivity contribution in [3.8, 4) is 5.69 Å². The minimum Gasteiger partial charge on any atom is -0.352 e. The van der Waals surface area contributed by atoms with E-state index >= 15 is 4.39 Å². The minimum atomic E-state index is -3.30. The van der Waals surface area contributed by atoms with E-state index in [-0.39, 0.29) is 28.6 Å². The molecule has 0 spiro atoms. The van der Waals surface area contributed by atoms with Crippen LogP contribution in [0.4, 0.5) is 19.0 Å². The number of benzene rings is 1. The number of aromatic nitrogens is 6. The number of alkyl halides is 2. The van der Waals surface area contributed by atoms with E-state index in [4.69, 9.17) is 11.6 Å². The van der Waals surface area contributed by atoms with Crippen molar-refractivity contribution in [1.29, 1.82) is 0 Å². The molecule has 0 fully saturated rings. The third-order valence-electron chi connectivity index (χ3n) is 5.11. The number of nitrogens with one attached hydrogen (secondary N) is 4. The molecule has 4 N–H and O–H groups in total. The van der Waals surface area contributed by atoms with Crippen LogP contribution >= 0.6 is 11.6 Å². The number of tetrazole rings is 1. The van der Waals surface area contributed by atoms with Crippen molar-refractivity contribution in [2.45, 2.75) is 18.9 Å². The van der Waals surface area contributed by atoms with Gasteiger partial charge in [-0.3, -0.25) is 10.1 Å². The monoisotopic (exact) mass is 504 g/mol. The lowest BCUT2D eigenvalue weighted by Gasteiger charge is -2.12. The molecule has 0 atom stereocenters. The van der Waals surface area contributed by atoms with Gasteiger partial charge in [0.05, 0.1) is 17.1 Å². The van der Waals surface area contributed by atoms with Crippen molar-refractivity contribution in [3.63, 3.8) is 0 Å². The first-order valence-corrected chi connectivity index (χ1v) is 10.8. The third kappa shape index (κ3) is 5.72. The summed E-state index contributed by atoms with van der Waals surface area (Å²) in [6.07, 6.45) is 3.62. The Morgan fingerprint density at radius 2 is 1.94 bits per heavy atom. The third-order valence-corrected chi connectivity index (χ3v) is 5.44. The highest BCUT2D eigenvalue weighted by molar-refractivity contribution is 6.31. The Morgan fingerprint density at radius 1 is 1.14 bits per heavy atom. The van der Waals surface area contributed by atoms with E-state index in [1.165, 1.54) is 35.5 Å². The number of para-hydroxylation sites is 1. The largest absolute Gasteiger partial charge is 0.365 e. The molecule has 3 aromatic heterocycles. The fourth-order valence-electron chi connectivity index (χ4n) is 3.32. The van der Waals surface area contributed by atoms with Crippen molar-refractivity contribution in [3.05, 3.63) is 88.8 Å². The topological polar surface area (TPSA) is 113 Å². The van der Waals surface area contributed by atoms with Gasteiger partial charge in [-0.2, -0.15) is 13.2 Å². The Balaban J connectivity index is 1.43. The lowest BCUT2D eigenvalue weighted by Crippen LogP contribution is -2.33. The number of H-pyrrole nitrogens is 2. The number of carbonyl (C=O) groups is 1. The van der Waals surface area contributed by atoms with Crippen LogP contribution in [0.2, 0.25) is 5.02 Å². The van der Waals surface area contributed by atoms with Gasteiger partial charge in [-0.1, -0.05) is 29.8 Å². The van der Waals surface area contributed by atoms with Crippen LogP contribution in [0.15, 0.2) is 61.2 Å². The summed E-state index contributed by atoms with van der Waals surface area (Å²) >= 11 is 6.08. The van der Waals surface area contributed by atoms with Crippen LogP contribution in [0.1, 0.15) is 16.8 Å². The summed E-state index contributed by atoms with van der Waals surface area (Å²) in [6.45, 7) is -0.764. The van der Waals surface area contributed by atoms with Gasteiger partial charge < -0.3 is 5.32 Å². The fourth-order valence-corrected chi connectivity index (χ4v) is 3.52. The van der Waals surface area contributed by atoms with E-state index in [9.17, 15) is 13.6 Å². The first kappa shape index (κ1) is 24.1. The zero-order valence-electron chi connectivity index (χ0n) is 18.1. The van der Waals surface area contributed by atoms with Crippen molar-refractivity contribution in [1.82, 2.24) is 25.5 Å². The second kappa shape index (κ2) is 10.5. The Morgan fingerprint density at radius 3 is 2.69 bits per heavy atom. The Hall–Kier alpha value is -4.06. The number of amides is 1. The Bertz CT molecular complexity index is 1310. The summed E-state index contributed by atoms with van der Waals surface area (Å²) in [5.74, 6) is -5.05. The first-order chi connectivity index (χ1) is 16.8. The van der Waals surface area contributed by atoms with E-state index in [1.807, 2.05) is 0 Å². The first-order valence-electron chi connectivity index (χ1n) is 10.4. The molecule has 4 aromatic rings. The molecular weight excluding hydrogens is 485 g/mol. The number of anilines is 1. The van der Waals surface area contributed by atoms with Crippen LogP contribution in [-0.4, -0.2) is 32.7 Å². The van der Waals surface area contributed by atoms with Gasteiger partial charge in [-0.15, -0.1) is 5.10 Å². The van der Waals surface area contributed by atoms with Crippen molar-refractivity contribution in [2.75, 3.05) is 11.9 Å². The Kier molecular flexibility index (Phi) is 7.20. The molecule has 9 nitrogen and oxygen atoms in total. The summed E-state index contributed by atoms with van der Waals surface area (Å²) in [5, 5.41) is 16.1.